The van der Waals surface area contributed by atoms with Crippen LogP contribution in [0.3, 0.4) is 0 Å². The Morgan fingerprint density at radius 2 is 1.91 bits per heavy atom. The molecular weight excluding hydrogens is 426 g/mol. The average Bonchev–Trinajstić information content (AvgIpc) is 3.41. The highest BCUT2D eigenvalue weighted by molar-refractivity contribution is 8.00. The fourth-order valence-electron chi connectivity index (χ4n) is 4.36. The number of hydrogen-bond donors (Lipinski definition) is 0. The second kappa shape index (κ2) is 9.52. The molecule has 0 N–H and O–H groups in total. The highest BCUT2D eigenvalue weighted by Crippen LogP contribution is 2.31. The Bertz CT molecular complexity index is 1250. The molecule has 170 valence electrons. The van der Waals surface area contributed by atoms with Crippen molar-refractivity contribution in [1.82, 2.24) is 9.55 Å². The van der Waals surface area contributed by atoms with Crippen LogP contribution in [-0.2, 0) is 19.4 Å². The lowest BCUT2D eigenvalue weighted by molar-refractivity contribution is 0.357. The Labute approximate surface area is 200 Å². The van der Waals surface area contributed by atoms with Gasteiger partial charge in [0.1, 0.15) is 11.6 Å². The monoisotopic (exact) mass is 457 g/mol. The van der Waals surface area contributed by atoms with Crippen LogP contribution >= 0.6 is 11.9 Å². The summed E-state index contributed by atoms with van der Waals surface area (Å²) in [7, 11) is 2.11. The first kappa shape index (κ1) is 21.9. The smallest absolute Gasteiger partial charge is 0.122 e. The molecule has 0 radical (unpaired) electrons. The Kier molecular flexibility index (Phi) is 6.32. The summed E-state index contributed by atoms with van der Waals surface area (Å²) in [5.41, 5.74) is 6.07. The molecule has 0 bridgehead atoms. The zero-order valence-electron chi connectivity index (χ0n) is 19.6. The lowest BCUT2D eigenvalue weighted by Gasteiger charge is -2.18. The zero-order valence-corrected chi connectivity index (χ0v) is 20.4. The molecule has 0 saturated heterocycles. The van der Waals surface area contributed by atoms with Gasteiger partial charge in [-0.05, 0) is 71.8 Å². The maximum absolute atomic E-state index is 5.69. The highest BCUT2D eigenvalue weighted by Gasteiger charge is 2.16. The van der Waals surface area contributed by atoms with Gasteiger partial charge >= 0.3 is 0 Å². The van der Waals surface area contributed by atoms with Gasteiger partial charge in [-0.2, -0.15) is 0 Å². The van der Waals surface area contributed by atoms with Crippen molar-refractivity contribution in [2.75, 3.05) is 18.0 Å². The van der Waals surface area contributed by atoms with Gasteiger partial charge in [0.2, 0.25) is 0 Å². The summed E-state index contributed by atoms with van der Waals surface area (Å²) in [5.74, 6) is 2.83. The van der Waals surface area contributed by atoms with Crippen LogP contribution in [0.2, 0.25) is 0 Å². The van der Waals surface area contributed by atoms with E-state index >= 15 is 0 Å². The molecule has 1 aromatic heterocycles. The highest BCUT2D eigenvalue weighted by atomic mass is 32.2. The van der Waals surface area contributed by atoms with Crippen molar-refractivity contribution in [1.29, 1.82) is 0 Å². The maximum Gasteiger partial charge on any atom is 0.122 e. The van der Waals surface area contributed by atoms with Gasteiger partial charge in [-0.25, -0.2) is 4.98 Å². The van der Waals surface area contributed by atoms with E-state index in [0.29, 0.717) is 5.92 Å². The fourth-order valence-corrected chi connectivity index (χ4v) is 5.17. The Hall–Kier alpha value is -2.92. The Morgan fingerprint density at radius 3 is 2.73 bits per heavy atom. The van der Waals surface area contributed by atoms with Crippen LogP contribution < -0.4 is 9.04 Å². The topological polar surface area (TPSA) is 30.3 Å². The molecule has 0 unspecified atom stereocenters. The molecule has 0 amide bonds. The molecule has 0 atom stereocenters. The van der Waals surface area contributed by atoms with Crippen LogP contribution in [0.5, 0.6) is 5.75 Å². The van der Waals surface area contributed by atoms with Gasteiger partial charge in [-0.3, -0.25) is 0 Å². The standard InChI is InChI=1S/C28H31N3OS/c1-20(2)13-15-31-26-11-10-23(30(3)33-24-7-5-4-6-8-24)19-25(26)29-28(31)18-21-9-12-27-22(17-21)14-16-32-27/h4-12,17,19-20H,13-16,18H2,1-3H3. The number of rotatable bonds is 8. The van der Waals surface area contributed by atoms with E-state index in [0.717, 1.165) is 55.2 Å². The van der Waals surface area contributed by atoms with Crippen LogP contribution in [-0.4, -0.2) is 23.2 Å². The summed E-state index contributed by atoms with van der Waals surface area (Å²) < 4.78 is 10.3. The van der Waals surface area contributed by atoms with Crippen LogP contribution in [0, 0.1) is 5.92 Å². The van der Waals surface area contributed by atoms with Crippen molar-refractivity contribution in [2.45, 2.75) is 44.6 Å². The van der Waals surface area contributed by atoms with Gasteiger partial charge in [-0.1, -0.05) is 44.2 Å². The predicted octanol–water partition coefficient (Wildman–Crippen LogP) is 6.75. The van der Waals surface area contributed by atoms with Gasteiger partial charge < -0.3 is 13.6 Å². The molecule has 0 aliphatic carbocycles. The summed E-state index contributed by atoms with van der Waals surface area (Å²) in [5, 5.41) is 0. The first-order valence-corrected chi connectivity index (χ1v) is 12.5. The molecule has 5 heteroatoms. The Balaban J connectivity index is 1.45. The SMILES string of the molecule is CC(C)CCn1c(Cc2ccc3c(c2)CCO3)nc2cc(N(C)Sc3ccccc3)ccc21. The zero-order chi connectivity index (χ0) is 22.8. The Morgan fingerprint density at radius 1 is 1.06 bits per heavy atom. The van der Waals surface area contributed by atoms with Crippen molar-refractivity contribution in [2.24, 2.45) is 5.92 Å². The quantitative estimate of drug-likeness (QED) is 0.274. The minimum absolute atomic E-state index is 0.653. The first-order chi connectivity index (χ1) is 16.1. The third-order valence-corrected chi connectivity index (χ3v) is 7.17. The van der Waals surface area contributed by atoms with Crippen molar-refractivity contribution < 1.29 is 4.74 Å². The second-order valence-electron chi connectivity index (χ2n) is 9.15. The molecule has 5 rings (SSSR count). The number of aromatic nitrogens is 2. The van der Waals surface area contributed by atoms with E-state index in [4.69, 9.17) is 9.72 Å². The van der Waals surface area contributed by atoms with Crippen LogP contribution in [0.25, 0.3) is 11.0 Å². The van der Waals surface area contributed by atoms with Crippen molar-refractivity contribution in [3.63, 3.8) is 0 Å². The normalized spacial score (nSPS) is 12.8. The number of hydrogen-bond acceptors (Lipinski definition) is 4. The number of anilines is 1. The molecule has 3 aromatic carbocycles. The summed E-state index contributed by atoms with van der Waals surface area (Å²) in [6, 6.07) is 23.7. The van der Waals surface area contributed by atoms with Gasteiger partial charge in [-0.15, -0.1) is 0 Å². The van der Waals surface area contributed by atoms with Crippen molar-refractivity contribution in [3.8, 4) is 5.75 Å². The summed E-state index contributed by atoms with van der Waals surface area (Å²) >= 11 is 1.73. The minimum atomic E-state index is 0.653. The van der Waals surface area contributed by atoms with Gasteiger partial charge in [0.05, 0.1) is 17.6 Å². The molecular formula is C28H31N3OS. The first-order valence-electron chi connectivity index (χ1n) is 11.8. The molecule has 1 aliphatic heterocycles. The molecule has 4 aromatic rings. The minimum Gasteiger partial charge on any atom is -0.493 e. The van der Waals surface area contributed by atoms with Crippen LogP contribution in [0.1, 0.15) is 37.2 Å². The van der Waals surface area contributed by atoms with Gasteiger partial charge in [0.25, 0.3) is 0 Å². The lowest BCUT2D eigenvalue weighted by Crippen LogP contribution is -2.07. The molecule has 1 aliphatic rings. The molecule has 0 fully saturated rings. The third kappa shape index (κ3) is 4.88. The summed E-state index contributed by atoms with van der Waals surface area (Å²) in [4.78, 5) is 6.35. The van der Waals surface area contributed by atoms with Gasteiger partial charge in [0.15, 0.2) is 0 Å². The van der Waals surface area contributed by atoms with E-state index < -0.39 is 0 Å². The van der Waals surface area contributed by atoms with E-state index in [9.17, 15) is 0 Å². The molecule has 0 saturated carbocycles. The number of imidazole rings is 1. The number of benzene rings is 3. The van der Waals surface area contributed by atoms with E-state index in [1.165, 1.54) is 21.5 Å². The van der Waals surface area contributed by atoms with E-state index in [1.54, 1.807) is 11.9 Å². The molecule has 0 spiro atoms. The summed E-state index contributed by atoms with van der Waals surface area (Å²) in [6.07, 6.45) is 2.98. The van der Waals surface area contributed by atoms with Gasteiger partial charge in [0, 0.05) is 37.0 Å². The largest absolute Gasteiger partial charge is 0.493 e. The number of fused-ring (bicyclic) bond motifs is 2. The van der Waals surface area contributed by atoms with E-state index in [1.807, 2.05) is 0 Å². The lowest BCUT2D eigenvalue weighted by atomic mass is 10.1. The summed E-state index contributed by atoms with van der Waals surface area (Å²) in [6.45, 7) is 6.36. The van der Waals surface area contributed by atoms with E-state index in [-0.39, 0.29) is 0 Å². The predicted molar refractivity (Wildman–Crippen MR) is 138 cm³/mol. The van der Waals surface area contributed by atoms with Crippen molar-refractivity contribution in [3.05, 3.63) is 83.7 Å². The van der Waals surface area contributed by atoms with Crippen LogP contribution in [0.4, 0.5) is 5.69 Å². The molecule has 2 heterocycles. The number of nitrogens with zero attached hydrogens (tertiary/aromatic N) is 3. The van der Waals surface area contributed by atoms with E-state index in [2.05, 4.69) is 96.5 Å². The second-order valence-corrected chi connectivity index (χ2v) is 10.4. The maximum atomic E-state index is 5.69. The molecule has 33 heavy (non-hydrogen) atoms. The number of ether oxygens (including phenoxy) is 1. The third-order valence-electron chi connectivity index (χ3n) is 6.21. The molecule has 4 nitrogen and oxygen atoms in total. The average molecular weight is 458 g/mol. The van der Waals surface area contributed by atoms with Crippen molar-refractivity contribution >= 4 is 28.7 Å². The van der Waals surface area contributed by atoms with Crippen LogP contribution in [0.15, 0.2) is 71.6 Å². The fraction of sp³-hybridized carbons (Fsp3) is 0.321. The number of aryl methyl sites for hydroxylation is 1.